The average molecular weight is 544 g/mol. The first-order valence-corrected chi connectivity index (χ1v) is 13.3. The Labute approximate surface area is 226 Å². The zero-order chi connectivity index (χ0) is 27.8. The van der Waals surface area contributed by atoms with Gasteiger partial charge in [-0.25, -0.2) is 18.7 Å². The summed E-state index contributed by atoms with van der Waals surface area (Å²) >= 11 is 0. The number of amides is 1. The number of piperidine rings is 1. The van der Waals surface area contributed by atoms with Gasteiger partial charge >= 0.3 is 0 Å². The van der Waals surface area contributed by atoms with E-state index >= 15 is 0 Å². The third-order valence-electron chi connectivity index (χ3n) is 6.54. The molecule has 0 atom stereocenters. The number of nitrogens with zero attached hydrogens (tertiary/aromatic N) is 5. The van der Waals surface area contributed by atoms with E-state index in [2.05, 4.69) is 44.2 Å². The van der Waals surface area contributed by atoms with E-state index in [0.717, 1.165) is 62.9 Å². The number of halogens is 2. The summed E-state index contributed by atoms with van der Waals surface area (Å²) in [5.74, 6) is 0.0300. The van der Waals surface area contributed by atoms with Crippen LogP contribution in [0.25, 0.3) is 11.4 Å². The molecule has 0 bridgehead atoms. The van der Waals surface area contributed by atoms with Crippen LogP contribution in [0.4, 0.5) is 14.7 Å². The number of nitrogens with two attached hydrogens (primary N) is 1. The average Bonchev–Trinajstić information content (AvgIpc) is 3.38. The van der Waals surface area contributed by atoms with E-state index in [0.29, 0.717) is 36.1 Å². The first-order chi connectivity index (χ1) is 18.8. The zero-order valence-electron chi connectivity index (χ0n) is 22.3. The highest BCUT2D eigenvalue weighted by Gasteiger charge is 2.22. The van der Waals surface area contributed by atoms with E-state index in [1.807, 2.05) is 0 Å². The zero-order valence-corrected chi connectivity index (χ0v) is 22.3. The van der Waals surface area contributed by atoms with Crippen LogP contribution in [0.2, 0.25) is 0 Å². The second-order valence-electron chi connectivity index (χ2n) is 10.1. The van der Waals surface area contributed by atoms with E-state index in [-0.39, 0.29) is 18.8 Å². The smallest absolute Gasteiger partial charge is 0.257 e. The molecule has 0 spiro atoms. The second kappa shape index (κ2) is 13.4. The van der Waals surface area contributed by atoms with Crippen LogP contribution in [-0.2, 0) is 6.42 Å². The van der Waals surface area contributed by atoms with Crippen LogP contribution >= 0.6 is 0 Å². The Morgan fingerprint density at radius 2 is 1.90 bits per heavy atom. The largest absolute Gasteiger partial charge is 0.493 e. The molecule has 3 aromatic rings. The van der Waals surface area contributed by atoms with Crippen LogP contribution in [0.5, 0.6) is 5.75 Å². The molecule has 1 aliphatic heterocycles. The normalized spacial score (nSPS) is 14.2. The Morgan fingerprint density at radius 1 is 1.21 bits per heavy atom. The van der Waals surface area contributed by atoms with Crippen molar-refractivity contribution >= 4 is 11.9 Å². The number of carbonyl (C=O) groups is 1. The van der Waals surface area contributed by atoms with Crippen LogP contribution in [-0.4, -0.2) is 58.8 Å². The first-order valence-electron chi connectivity index (χ1n) is 13.3. The highest BCUT2D eigenvalue weighted by molar-refractivity contribution is 5.94. The van der Waals surface area contributed by atoms with Gasteiger partial charge in [-0.15, -0.1) is 0 Å². The third-order valence-corrected chi connectivity index (χ3v) is 6.54. The Hall–Kier alpha value is -3.67. The fraction of sp³-hybridized carbons (Fsp3) is 0.519. The number of carbonyl (C=O) groups excluding carboxylic acids is 1. The molecule has 0 aliphatic carbocycles. The lowest BCUT2D eigenvalue weighted by Crippen LogP contribution is -2.34. The molecule has 1 aromatic carbocycles. The molecule has 1 amide bonds. The monoisotopic (exact) mass is 543 g/mol. The number of hydrogen-bond acceptors (Lipinski definition) is 9. The van der Waals surface area contributed by atoms with Crippen molar-refractivity contribution in [2.75, 3.05) is 37.7 Å². The molecule has 10 nitrogen and oxygen atoms in total. The Balaban J connectivity index is 1.19. The SMILES string of the molecule is CC(C)Cc1nc(-c2cnc(N3CCC(CCCOc4cc(F)c(C(=O)NCCN)c(F)c4)CC3)nc2)no1. The van der Waals surface area contributed by atoms with Crippen molar-refractivity contribution in [3.8, 4) is 17.1 Å². The predicted octanol–water partition coefficient (Wildman–Crippen LogP) is 3.77. The lowest BCUT2D eigenvalue weighted by molar-refractivity contribution is 0.0946. The van der Waals surface area contributed by atoms with Gasteiger partial charge in [0.1, 0.15) is 22.9 Å². The summed E-state index contributed by atoms with van der Waals surface area (Å²) in [6.07, 6.45) is 7.85. The van der Waals surface area contributed by atoms with Gasteiger partial charge in [0.15, 0.2) is 0 Å². The van der Waals surface area contributed by atoms with Crippen molar-refractivity contribution in [2.24, 2.45) is 17.6 Å². The van der Waals surface area contributed by atoms with Crippen LogP contribution < -0.4 is 20.7 Å². The van der Waals surface area contributed by atoms with Gasteiger partial charge in [0, 0.05) is 57.1 Å². The summed E-state index contributed by atoms with van der Waals surface area (Å²) in [6.45, 7) is 6.52. The molecular weight excluding hydrogens is 508 g/mol. The molecule has 39 heavy (non-hydrogen) atoms. The maximum absolute atomic E-state index is 14.3. The first kappa shape index (κ1) is 28.3. The summed E-state index contributed by atoms with van der Waals surface area (Å²) in [5.41, 5.74) is 5.39. The number of ether oxygens (including phenoxy) is 1. The molecule has 0 saturated carbocycles. The molecule has 1 fully saturated rings. The van der Waals surface area contributed by atoms with Gasteiger partial charge in [-0.2, -0.15) is 4.98 Å². The standard InChI is InChI=1S/C27H35F2N7O3/c1-17(2)12-23-34-25(35-39-23)19-15-32-27(33-16-19)36-9-5-18(6-10-36)4-3-11-38-20-13-21(28)24(22(29)14-20)26(37)31-8-7-30/h13-18H,3-12,30H2,1-2H3,(H,31,37). The van der Waals surface area contributed by atoms with E-state index in [9.17, 15) is 13.6 Å². The topological polar surface area (TPSA) is 132 Å². The van der Waals surface area contributed by atoms with Crippen LogP contribution in [0.1, 0.15) is 55.8 Å². The molecule has 2 aromatic heterocycles. The maximum Gasteiger partial charge on any atom is 0.257 e. The Morgan fingerprint density at radius 3 is 2.54 bits per heavy atom. The van der Waals surface area contributed by atoms with E-state index in [1.165, 1.54) is 0 Å². The van der Waals surface area contributed by atoms with Gasteiger partial charge in [0.25, 0.3) is 5.91 Å². The van der Waals surface area contributed by atoms with Crippen molar-refractivity contribution in [1.82, 2.24) is 25.4 Å². The number of benzene rings is 1. The lowest BCUT2D eigenvalue weighted by atomic mass is 9.92. The van der Waals surface area contributed by atoms with Crippen LogP contribution in [0.3, 0.4) is 0 Å². The van der Waals surface area contributed by atoms with Crippen molar-refractivity contribution < 1.29 is 22.8 Å². The lowest BCUT2D eigenvalue weighted by Gasteiger charge is -2.32. The van der Waals surface area contributed by atoms with Crippen molar-refractivity contribution in [1.29, 1.82) is 0 Å². The van der Waals surface area contributed by atoms with Gasteiger partial charge in [0.05, 0.1) is 12.2 Å². The number of nitrogens with one attached hydrogen (secondary N) is 1. The molecule has 12 heteroatoms. The molecule has 4 rings (SSSR count). The molecule has 3 heterocycles. The maximum atomic E-state index is 14.3. The van der Waals surface area contributed by atoms with Gasteiger partial charge in [-0.1, -0.05) is 19.0 Å². The number of rotatable bonds is 12. The Kier molecular flexibility index (Phi) is 9.74. The van der Waals surface area contributed by atoms with E-state index in [1.54, 1.807) is 12.4 Å². The highest BCUT2D eigenvalue weighted by Crippen LogP contribution is 2.26. The van der Waals surface area contributed by atoms with Gasteiger partial charge in [-0.3, -0.25) is 4.79 Å². The molecule has 0 unspecified atom stereocenters. The van der Waals surface area contributed by atoms with Crippen molar-refractivity contribution in [3.63, 3.8) is 0 Å². The summed E-state index contributed by atoms with van der Waals surface area (Å²) in [4.78, 5) is 27.5. The van der Waals surface area contributed by atoms with Gasteiger partial charge in [0.2, 0.25) is 17.7 Å². The number of hydrogen-bond donors (Lipinski definition) is 2. The second-order valence-corrected chi connectivity index (χ2v) is 10.1. The van der Waals surface area contributed by atoms with Gasteiger partial charge in [-0.05, 0) is 37.5 Å². The van der Waals surface area contributed by atoms with Crippen LogP contribution in [0.15, 0.2) is 29.0 Å². The van der Waals surface area contributed by atoms with Crippen molar-refractivity contribution in [3.05, 3.63) is 47.6 Å². The highest BCUT2D eigenvalue weighted by atomic mass is 19.1. The molecule has 3 N–H and O–H groups in total. The van der Waals surface area contributed by atoms with E-state index < -0.39 is 23.1 Å². The minimum atomic E-state index is -0.963. The fourth-order valence-electron chi connectivity index (χ4n) is 4.51. The number of aromatic nitrogens is 4. The summed E-state index contributed by atoms with van der Waals surface area (Å²) in [6, 6.07) is 2.07. The molecule has 0 radical (unpaired) electrons. The minimum Gasteiger partial charge on any atom is -0.493 e. The third kappa shape index (κ3) is 7.69. The number of anilines is 1. The summed E-state index contributed by atoms with van der Waals surface area (Å²) in [5, 5.41) is 6.39. The molecular formula is C27H35F2N7O3. The molecule has 210 valence electrons. The summed E-state index contributed by atoms with van der Waals surface area (Å²) in [7, 11) is 0. The Bertz CT molecular complexity index is 1210. The summed E-state index contributed by atoms with van der Waals surface area (Å²) < 4.78 is 39.4. The minimum absolute atomic E-state index is 0.0627. The van der Waals surface area contributed by atoms with E-state index in [4.69, 9.17) is 15.0 Å². The fourth-order valence-corrected chi connectivity index (χ4v) is 4.51. The van der Waals surface area contributed by atoms with Crippen LogP contribution in [0, 0.1) is 23.5 Å². The molecule has 1 aliphatic rings. The quantitative estimate of drug-likeness (QED) is 0.328. The van der Waals surface area contributed by atoms with Gasteiger partial charge < -0.3 is 25.2 Å². The molecule has 1 saturated heterocycles. The predicted molar refractivity (Wildman–Crippen MR) is 141 cm³/mol. The van der Waals surface area contributed by atoms with Crippen molar-refractivity contribution in [2.45, 2.75) is 46.0 Å².